The zero-order chi connectivity index (χ0) is 11.9. The summed E-state index contributed by atoms with van der Waals surface area (Å²) in [4.78, 5) is 0. The lowest BCUT2D eigenvalue weighted by Crippen LogP contribution is -2.21. The lowest BCUT2D eigenvalue weighted by molar-refractivity contribution is 0.212. The molecule has 0 aliphatic heterocycles. The first kappa shape index (κ1) is 10.8. The van der Waals surface area contributed by atoms with Gasteiger partial charge in [-0.25, -0.2) is 0 Å². The van der Waals surface area contributed by atoms with E-state index in [4.69, 9.17) is 5.73 Å². The maximum Gasteiger partial charge on any atom is 0.0505 e. The van der Waals surface area contributed by atoms with Gasteiger partial charge in [0.25, 0.3) is 0 Å². The highest BCUT2D eigenvalue weighted by Gasteiger charge is 2.53. The third kappa shape index (κ3) is 1.56. The van der Waals surface area contributed by atoms with Gasteiger partial charge >= 0.3 is 0 Å². The second kappa shape index (κ2) is 3.83. The Morgan fingerprint density at radius 1 is 1.18 bits per heavy atom. The molecule has 0 bridgehead atoms. The summed E-state index contributed by atoms with van der Waals surface area (Å²) < 4.78 is 0. The van der Waals surface area contributed by atoms with Crippen molar-refractivity contribution in [3.8, 4) is 0 Å². The molecule has 0 spiro atoms. The van der Waals surface area contributed by atoms with E-state index in [2.05, 4.69) is 42.5 Å². The Morgan fingerprint density at radius 2 is 1.94 bits per heavy atom. The Bertz CT molecular complexity index is 540. The van der Waals surface area contributed by atoms with Gasteiger partial charge in [0.1, 0.15) is 0 Å². The van der Waals surface area contributed by atoms with E-state index in [0.717, 1.165) is 6.42 Å². The third-order valence-corrected chi connectivity index (χ3v) is 4.11. The van der Waals surface area contributed by atoms with Crippen molar-refractivity contribution in [3.05, 3.63) is 48.0 Å². The molecular formula is C15H17NO. The van der Waals surface area contributed by atoms with Crippen LogP contribution in [0.1, 0.15) is 17.9 Å². The Balaban J connectivity index is 2.08. The van der Waals surface area contributed by atoms with Crippen LogP contribution >= 0.6 is 0 Å². The SMILES string of the molecule is NCC1(CO)CC1c1cccc2ccccc12. The molecule has 1 aliphatic carbocycles. The number of hydrogen-bond donors (Lipinski definition) is 2. The van der Waals surface area contributed by atoms with Gasteiger partial charge < -0.3 is 10.8 Å². The highest BCUT2D eigenvalue weighted by Crippen LogP contribution is 2.59. The number of rotatable bonds is 3. The molecule has 2 heteroatoms. The molecule has 3 N–H and O–H groups in total. The summed E-state index contributed by atoms with van der Waals surface area (Å²) in [5.41, 5.74) is 7.06. The second-order valence-corrected chi connectivity index (χ2v) is 5.05. The fraction of sp³-hybridized carbons (Fsp3) is 0.333. The number of benzene rings is 2. The standard InChI is InChI=1S/C15H17NO/c16-9-15(10-17)8-14(15)13-7-3-5-11-4-1-2-6-12(11)13/h1-7,14,17H,8-10,16H2. The molecule has 88 valence electrons. The van der Waals surface area contributed by atoms with E-state index in [1.54, 1.807) is 0 Å². The topological polar surface area (TPSA) is 46.2 Å². The zero-order valence-electron chi connectivity index (χ0n) is 9.76. The molecule has 1 fully saturated rings. The molecule has 0 saturated heterocycles. The van der Waals surface area contributed by atoms with E-state index in [0.29, 0.717) is 12.5 Å². The highest BCUT2D eigenvalue weighted by atomic mass is 16.3. The van der Waals surface area contributed by atoms with E-state index in [9.17, 15) is 5.11 Å². The van der Waals surface area contributed by atoms with E-state index in [1.807, 2.05) is 0 Å². The zero-order valence-corrected chi connectivity index (χ0v) is 9.76. The third-order valence-electron chi connectivity index (χ3n) is 4.11. The summed E-state index contributed by atoms with van der Waals surface area (Å²) >= 11 is 0. The molecule has 0 heterocycles. The Labute approximate surface area is 101 Å². The molecule has 1 saturated carbocycles. The Hall–Kier alpha value is -1.38. The van der Waals surface area contributed by atoms with Crippen molar-refractivity contribution in [1.82, 2.24) is 0 Å². The minimum absolute atomic E-state index is 0.0654. The average molecular weight is 227 g/mol. The molecule has 2 nitrogen and oxygen atoms in total. The van der Waals surface area contributed by atoms with Crippen molar-refractivity contribution in [1.29, 1.82) is 0 Å². The van der Waals surface area contributed by atoms with Crippen LogP contribution in [-0.4, -0.2) is 18.3 Å². The van der Waals surface area contributed by atoms with E-state index < -0.39 is 0 Å². The Kier molecular flexibility index (Phi) is 2.42. The van der Waals surface area contributed by atoms with Gasteiger partial charge in [0.2, 0.25) is 0 Å². The van der Waals surface area contributed by atoms with Crippen LogP contribution in [0.5, 0.6) is 0 Å². The Morgan fingerprint density at radius 3 is 2.65 bits per heavy atom. The number of nitrogens with two attached hydrogens (primary N) is 1. The van der Waals surface area contributed by atoms with Gasteiger partial charge in [-0.1, -0.05) is 42.5 Å². The van der Waals surface area contributed by atoms with Gasteiger partial charge in [-0.15, -0.1) is 0 Å². The van der Waals surface area contributed by atoms with E-state index in [1.165, 1.54) is 16.3 Å². The van der Waals surface area contributed by atoms with Crippen LogP contribution in [0.3, 0.4) is 0 Å². The second-order valence-electron chi connectivity index (χ2n) is 5.05. The molecule has 17 heavy (non-hydrogen) atoms. The number of aliphatic hydroxyl groups is 1. The number of aliphatic hydroxyl groups excluding tert-OH is 1. The molecule has 2 unspecified atom stereocenters. The summed E-state index contributed by atoms with van der Waals surface area (Å²) in [6.07, 6.45) is 1.01. The van der Waals surface area contributed by atoms with Crippen molar-refractivity contribution in [2.24, 2.45) is 11.1 Å². The maximum absolute atomic E-state index is 9.48. The quantitative estimate of drug-likeness (QED) is 0.845. The monoisotopic (exact) mass is 227 g/mol. The van der Waals surface area contributed by atoms with Gasteiger partial charge in [-0.05, 0) is 28.7 Å². The summed E-state index contributed by atoms with van der Waals surface area (Å²) in [5.74, 6) is 0.420. The van der Waals surface area contributed by atoms with Crippen molar-refractivity contribution < 1.29 is 5.11 Å². The van der Waals surface area contributed by atoms with Crippen LogP contribution in [0.15, 0.2) is 42.5 Å². The molecule has 1 aliphatic rings. The van der Waals surface area contributed by atoms with E-state index in [-0.39, 0.29) is 12.0 Å². The molecule has 0 radical (unpaired) electrons. The summed E-state index contributed by atoms with van der Waals surface area (Å²) in [6.45, 7) is 0.759. The molecule has 0 aromatic heterocycles. The lowest BCUT2D eigenvalue weighted by atomic mass is 9.95. The van der Waals surface area contributed by atoms with Gasteiger partial charge in [0.15, 0.2) is 0 Å². The molecular weight excluding hydrogens is 210 g/mol. The van der Waals surface area contributed by atoms with Gasteiger partial charge in [0, 0.05) is 12.0 Å². The normalized spacial score (nSPS) is 27.3. The summed E-state index contributed by atoms with van der Waals surface area (Å²) in [7, 11) is 0. The van der Waals surface area contributed by atoms with Gasteiger partial charge in [-0.3, -0.25) is 0 Å². The molecule has 0 amide bonds. The first-order valence-electron chi connectivity index (χ1n) is 6.09. The largest absolute Gasteiger partial charge is 0.396 e. The lowest BCUT2D eigenvalue weighted by Gasteiger charge is -2.12. The van der Waals surface area contributed by atoms with Gasteiger partial charge in [-0.2, -0.15) is 0 Å². The number of hydrogen-bond acceptors (Lipinski definition) is 2. The molecule has 2 aromatic carbocycles. The first-order valence-corrected chi connectivity index (χ1v) is 6.09. The van der Waals surface area contributed by atoms with Crippen LogP contribution in [0.25, 0.3) is 10.8 Å². The van der Waals surface area contributed by atoms with Crippen LogP contribution in [0.4, 0.5) is 0 Å². The molecule has 2 aromatic rings. The van der Waals surface area contributed by atoms with Crippen LogP contribution < -0.4 is 5.73 Å². The van der Waals surface area contributed by atoms with Crippen LogP contribution in [0, 0.1) is 5.41 Å². The maximum atomic E-state index is 9.48. The minimum Gasteiger partial charge on any atom is -0.396 e. The fourth-order valence-corrected chi connectivity index (χ4v) is 2.81. The minimum atomic E-state index is -0.0654. The van der Waals surface area contributed by atoms with Crippen molar-refractivity contribution in [3.63, 3.8) is 0 Å². The van der Waals surface area contributed by atoms with Crippen LogP contribution in [0.2, 0.25) is 0 Å². The molecule has 2 atom stereocenters. The molecule has 3 rings (SSSR count). The van der Waals surface area contributed by atoms with Crippen molar-refractivity contribution >= 4 is 10.8 Å². The first-order chi connectivity index (χ1) is 8.30. The van der Waals surface area contributed by atoms with Crippen molar-refractivity contribution in [2.75, 3.05) is 13.2 Å². The van der Waals surface area contributed by atoms with Crippen LogP contribution in [-0.2, 0) is 0 Å². The average Bonchev–Trinajstić information content (AvgIpc) is 3.13. The van der Waals surface area contributed by atoms with E-state index >= 15 is 0 Å². The highest BCUT2D eigenvalue weighted by molar-refractivity contribution is 5.86. The fourth-order valence-electron chi connectivity index (χ4n) is 2.81. The number of fused-ring (bicyclic) bond motifs is 1. The summed E-state index contributed by atoms with van der Waals surface area (Å²) in [6, 6.07) is 14.8. The van der Waals surface area contributed by atoms with Crippen molar-refractivity contribution in [2.45, 2.75) is 12.3 Å². The predicted octanol–water partition coefficient (Wildman–Crippen LogP) is 2.26. The smallest absolute Gasteiger partial charge is 0.0505 e. The predicted molar refractivity (Wildman–Crippen MR) is 69.9 cm³/mol. The van der Waals surface area contributed by atoms with Gasteiger partial charge in [0.05, 0.1) is 6.61 Å². The summed E-state index contributed by atoms with van der Waals surface area (Å²) in [5, 5.41) is 12.0.